The summed E-state index contributed by atoms with van der Waals surface area (Å²) in [5, 5.41) is 8.80. The lowest BCUT2D eigenvalue weighted by atomic mass is 10.1. The minimum absolute atomic E-state index is 0.627. The van der Waals surface area contributed by atoms with E-state index in [9.17, 15) is 0 Å². The van der Waals surface area contributed by atoms with Crippen LogP contribution in [0.25, 0.3) is 0 Å². The Labute approximate surface area is 133 Å². The van der Waals surface area contributed by atoms with E-state index in [1.165, 1.54) is 16.7 Å². The molecule has 0 saturated carbocycles. The van der Waals surface area contributed by atoms with Gasteiger partial charge in [-0.15, -0.1) is 10.2 Å². The van der Waals surface area contributed by atoms with Crippen molar-refractivity contribution in [3.63, 3.8) is 0 Å². The van der Waals surface area contributed by atoms with E-state index in [0.29, 0.717) is 5.92 Å². The molecule has 0 amide bonds. The minimum Gasteiger partial charge on any atom is -0.313 e. The van der Waals surface area contributed by atoms with Gasteiger partial charge in [-0.2, -0.15) is 0 Å². The van der Waals surface area contributed by atoms with Gasteiger partial charge in [-0.25, -0.2) is 0 Å². The fourth-order valence-electron chi connectivity index (χ4n) is 3.08. The van der Waals surface area contributed by atoms with Gasteiger partial charge in [-0.1, -0.05) is 32.0 Å². The fraction of sp³-hybridized carbons (Fsp3) is 0.556. The molecule has 4 heteroatoms. The Morgan fingerprint density at radius 1 is 1.09 bits per heavy atom. The Morgan fingerprint density at radius 2 is 1.91 bits per heavy atom. The maximum Gasteiger partial charge on any atom is 0.147 e. The van der Waals surface area contributed by atoms with Crippen molar-refractivity contribution in [2.24, 2.45) is 5.92 Å². The van der Waals surface area contributed by atoms with Crippen molar-refractivity contribution in [1.82, 2.24) is 19.7 Å². The zero-order valence-electron chi connectivity index (χ0n) is 14.1. The number of rotatable bonds is 4. The highest BCUT2D eigenvalue weighted by atomic mass is 15.3. The average Bonchev–Trinajstić information content (AvgIpc) is 2.85. The van der Waals surface area contributed by atoms with E-state index in [4.69, 9.17) is 0 Å². The molecule has 1 aliphatic rings. The Hall–Kier alpha value is -1.68. The Balaban J connectivity index is 1.69. The van der Waals surface area contributed by atoms with Gasteiger partial charge in [0, 0.05) is 26.1 Å². The average molecular weight is 298 g/mol. The highest BCUT2D eigenvalue weighted by Crippen LogP contribution is 2.18. The van der Waals surface area contributed by atoms with Crippen molar-refractivity contribution in [1.29, 1.82) is 0 Å². The fourth-order valence-corrected chi connectivity index (χ4v) is 3.08. The van der Waals surface area contributed by atoms with Crippen LogP contribution in [0.2, 0.25) is 0 Å². The number of aryl methyl sites for hydroxylation is 2. The van der Waals surface area contributed by atoms with Gasteiger partial charge < -0.3 is 4.57 Å². The minimum atomic E-state index is 0.627. The predicted octanol–water partition coefficient (Wildman–Crippen LogP) is 3.11. The zero-order valence-corrected chi connectivity index (χ0v) is 14.1. The number of hydrogen-bond donors (Lipinski definition) is 0. The smallest absolute Gasteiger partial charge is 0.147 e. The second kappa shape index (κ2) is 6.21. The third kappa shape index (κ3) is 3.22. The maximum atomic E-state index is 4.40. The molecule has 22 heavy (non-hydrogen) atoms. The molecule has 0 fully saturated rings. The molecular formula is C18H26N4. The number of benzene rings is 1. The molecule has 1 aliphatic heterocycles. The summed E-state index contributed by atoms with van der Waals surface area (Å²) in [5.41, 5.74) is 4.12. The number of nitrogens with zero attached hydrogens (tertiary/aromatic N) is 4. The summed E-state index contributed by atoms with van der Waals surface area (Å²) < 4.78 is 2.32. The Kier molecular flexibility index (Phi) is 4.30. The van der Waals surface area contributed by atoms with E-state index < -0.39 is 0 Å². The van der Waals surface area contributed by atoms with Crippen molar-refractivity contribution in [3.8, 4) is 0 Å². The molecule has 1 aromatic carbocycles. The monoisotopic (exact) mass is 298 g/mol. The van der Waals surface area contributed by atoms with Crippen LogP contribution < -0.4 is 0 Å². The molecule has 0 unspecified atom stereocenters. The summed E-state index contributed by atoms with van der Waals surface area (Å²) >= 11 is 0. The standard InChI is InChI=1S/C18H26N4/c1-13(2)9-17-19-20-18-12-21(7-8-22(17)18)11-16-6-5-14(3)15(4)10-16/h5-6,10,13H,7-9,11-12H2,1-4H3. The first-order chi connectivity index (χ1) is 10.5. The van der Waals surface area contributed by atoms with Gasteiger partial charge in [0.05, 0.1) is 6.54 Å². The molecule has 1 aromatic heterocycles. The lowest BCUT2D eigenvalue weighted by molar-refractivity contribution is 0.206. The summed E-state index contributed by atoms with van der Waals surface area (Å²) in [4.78, 5) is 2.47. The lowest BCUT2D eigenvalue weighted by Crippen LogP contribution is -2.34. The van der Waals surface area contributed by atoms with E-state index in [1.54, 1.807) is 0 Å². The molecule has 4 nitrogen and oxygen atoms in total. The van der Waals surface area contributed by atoms with Gasteiger partial charge >= 0.3 is 0 Å². The van der Waals surface area contributed by atoms with Crippen LogP contribution in [-0.2, 0) is 26.1 Å². The maximum absolute atomic E-state index is 4.40. The normalized spacial score (nSPS) is 15.3. The largest absolute Gasteiger partial charge is 0.313 e. The van der Waals surface area contributed by atoms with Gasteiger partial charge in [-0.3, -0.25) is 4.90 Å². The van der Waals surface area contributed by atoms with E-state index in [2.05, 4.69) is 65.6 Å². The van der Waals surface area contributed by atoms with Crippen molar-refractivity contribution in [3.05, 3.63) is 46.5 Å². The quantitative estimate of drug-likeness (QED) is 0.870. The highest BCUT2D eigenvalue weighted by Gasteiger charge is 2.21. The van der Waals surface area contributed by atoms with Gasteiger partial charge in [0.25, 0.3) is 0 Å². The van der Waals surface area contributed by atoms with Crippen molar-refractivity contribution >= 4 is 0 Å². The van der Waals surface area contributed by atoms with E-state index >= 15 is 0 Å². The first kappa shape index (κ1) is 15.2. The van der Waals surface area contributed by atoms with E-state index in [1.807, 2.05) is 0 Å². The lowest BCUT2D eigenvalue weighted by Gasteiger charge is -2.28. The molecule has 0 atom stereocenters. The highest BCUT2D eigenvalue weighted by molar-refractivity contribution is 5.29. The Bertz CT molecular complexity index is 657. The van der Waals surface area contributed by atoms with Crippen molar-refractivity contribution < 1.29 is 0 Å². The topological polar surface area (TPSA) is 34.0 Å². The summed E-state index contributed by atoms with van der Waals surface area (Å²) in [6.45, 7) is 12.8. The first-order valence-electron chi connectivity index (χ1n) is 8.22. The molecule has 0 radical (unpaired) electrons. The van der Waals surface area contributed by atoms with E-state index in [0.717, 1.165) is 44.2 Å². The second-order valence-electron chi connectivity index (χ2n) is 6.91. The van der Waals surface area contributed by atoms with Crippen LogP contribution in [-0.4, -0.2) is 26.2 Å². The number of aromatic nitrogens is 3. The first-order valence-corrected chi connectivity index (χ1v) is 8.22. The summed E-state index contributed by atoms with van der Waals surface area (Å²) in [6.07, 6.45) is 1.02. The number of fused-ring (bicyclic) bond motifs is 1. The van der Waals surface area contributed by atoms with Crippen LogP contribution in [0, 0.1) is 19.8 Å². The van der Waals surface area contributed by atoms with Crippen LogP contribution in [0.15, 0.2) is 18.2 Å². The SMILES string of the molecule is Cc1ccc(CN2CCn3c(CC(C)C)nnc3C2)cc1C. The van der Waals surface area contributed by atoms with E-state index in [-0.39, 0.29) is 0 Å². The molecule has 0 N–H and O–H groups in total. The molecule has 0 aliphatic carbocycles. The summed E-state index contributed by atoms with van der Waals surface area (Å²) in [5.74, 6) is 2.89. The third-order valence-corrected chi connectivity index (χ3v) is 4.48. The van der Waals surface area contributed by atoms with Crippen LogP contribution in [0.5, 0.6) is 0 Å². The molecular weight excluding hydrogens is 272 g/mol. The van der Waals surface area contributed by atoms with Crippen LogP contribution in [0.1, 0.15) is 42.2 Å². The zero-order chi connectivity index (χ0) is 15.7. The van der Waals surface area contributed by atoms with Gasteiger partial charge in [-0.05, 0) is 36.5 Å². The molecule has 0 spiro atoms. The van der Waals surface area contributed by atoms with Crippen LogP contribution in [0.4, 0.5) is 0 Å². The predicted molar refractivity (Wildman–Crippen MR) is 88.6 cm³/mol. The van der Waals surface area contributed by atoms with Crippen LogP contribution in [0.3, 0.4) is 0 Å². The third-order valence-electron chi connectivity index (χ3n) is 4.48. The molecule has 2 aromatic rings. The van der Waals surface area contributed by atoms with Crippen LogP contribution >= 0.6 is 0 Å². The molecule has 3 rings (SSSR count). The van der Waals surface area contributed by atoms with Crippen molar-refractivity contribution in [2.45, 2.75) is 53.8 Å². The van der Waals surface area contributed by atoms with Gasteiger partial charge in [0.2, 0.25) is 0 Å². The summed E-state index contributed by atoms with van der Waals surface area (Å²) in [6, 6.07) is 6.77. The summed E-state index contributed by atoms with van der Waals surface area (Å²) in [7, 11) is 0. The molecule has 118 valence electrons. The van der Waals surface area contributed by atoms with Crippen molar-refractivity contribution in [2.75, 3.05) is 6.54 Å². The van der Waals surface area contributed by atoms with Gasteiger partial charge in [0.15, 0.2) is 0 Å². The molecule has 0 bridgehead atoms. The Morgan fingerprint density at radius 3 is 2.64 bits per heavy atom. The molecule has 2 heterocycles. The molecule has 0 saturated heterocycles. The number of hydrogen-bond acceptors (Lipinski definition) is 3. The van der Waals surface area contributed by atoms with Gasteiger partial charge in [0.1, 0.15) is 11.6 Å². The second-order valence-corrected chi connectivity index (χ2v) is 6.91.